The molecular formula is C8H12N2O3S2. The van der Waals surface area contributed by atoms with E-state index in [1.807, 2.05) is 6.92 Å². The monoisotopic (exact) mass is 248 g/mol. The fourth-order valence-electron chi connectivity index (χ4n) is 0.868. The Morgan fingerprint density at radius 3 is 2.93 bits per heavy atom. The lowest BCUT2D eigenvalue weighted by atomic mass is 10.3. The molecule has 7 heteroatoms. The zero-order valence-corrected chi connectivity index (χ0v) is 9.85. The number of thioether (sulfide) groups is 1. The normalized spacial score (nSPS) is 12.7. The van der Waals surface area contributed by atoms with Crippen molar-refractivity contribution in [2.45, 2.75) is 30.2 Å². The van der Waals surface area contributed by atoms with E-state index in [0.717, 1.165) is 16.6 Å². The number of aryl methyl sites for hydroxylation is 1. The Kier molecular flexibility index (Phi) is 5.00. The maximum atomic E-state index is 10.3. The maximum absolute atomic E-state index is 10.3. The van der Waals surface area contributed by atoms with Crippen LogP contribution in [0, 0.1) is 0 Å². The van der Waals surface area contributed by atoms with Crippen molar-refractivity contribution >= 4 is 29.3 Å². The largest absolute Gasteiger partial charge is 0.481 e. The van der Waals surface area contributed by atoms with E-state index in [4.69, 9.17) is 5.11 Å². The smallest absolute Gasteiger partial charge is 0.306 e. The molecule has 2 N–H and O–H groups in total. The minimum atomic E-state index is -0.991. The molecule has 0 aliphatic carbocycles. The highest BCUT2D eigenvalue weighted by Gasteiger charge is 2.11. The quantitative estimate of drug-likeness (QED) is 0.732. The highest BCUT2D eigenvalue weighted by Crippen LogP contribution is 2.21. The lowest BCUT2D eigenvalue weighted by molar-refractivity contribution is -0.138. The van der Waals surface area contributed by atoms with Crippen molar-refractivity contribution in [2.24, 2.45) is 0 Å². The number of aliphatic hydroxyl groups is 1. The van der Waals surface area contributed by atoms with Gasteiger partial charge in [0.25, 0.3) is 0 Å². The number of hydrogen-bond donors (Lipinski definition) is 2. The molecule has 0 aliphatic rings. The molecule has 0 aromatic carbocycles. The van der Waals surface area contributed by atoms with E-state index in [9.17, 15) is 9.90 Å². The summed E-state index contributed by atoms with van der Waals surface area (Å²) in [5.74, 6) is 0.134. The van der Waals surface area contributed by atoms with Crippen LogP contribution in [-0.2, 0) is 11.2 Å². The maximum Gasteiger partial charge on any atom is 0.306 e. The summed E-state index contributed by atoms with van der Waals surface area (Å²) in [5.41, 5.74) is 0. The molecule has 0 fully saturated rings. The fraction of sp³-hybridized carbons (Fsp3) is 0.625. The Morgan fingerprint density at radius 1 is 1.67 bits per heavy atom. The molecule has 0 saturated carbocycles. The Hall–Kier alpha value is -0.660. The highest BCUT2D eigenvalue weighted by atomic mass is 32.2. The molecule has 1 unspecified atom stereocenters. The number of hydrogen-bond acceptors (Lipinski definition) is 6. The first-order valence-corrected chi connectivity index (χ1v) is 6.23. The van der Waals surface area contributed by atoms with Crippen molar-refractivity contribution in [1.29, 1.82) is 0 Å². The van der Waals surface area contributed by atoms with E-state index in [2.05, 4.69) is 9.36 Å². The van der Waals surface area contributed by atoms with E-state index in [1.54, 1.807) is 0 Å². The molecule has 0 radical (unpaired) electrons. The SMILES string of the molecule is CCc1nsc(SCC(O)CC(=O)O)n1. The summed E-state index contributed by atoms with van der Waals surface area (Å²) in [6.07, 6.45) is -0.275. The molecule has 0 bridgehead atoms. The van der Waals surface area contributed by atoms with Crippen molar-refractivity contribution in [2.75, 3.05) is 5.75 Å². The predicted octanol–water partition coefficient (Wildman–Crippen LogP) is 1.03. The van der Waals surface area contributed by atoms with Crippen LogP contribution in [-0.4, -0.2) is 37.4 Å². The third-order valence-corrected chi connectivity index (χ3v) is 3.59. The third kappa shape index (κ3) is 4.59. The minimum absolute atomic E-state index is 0.230. The summed E-state index contributed by atoms with van der Waals surface area (Å²) in [4.78, 5) is 14.5. The summed E-state index contributed by atoms with van der Waals surface area (Å²) in [5, 5.41) is 17.7. The second-order valence-electron chi connectivity index (χ2n) is 2.89. The van der Waals surface area contributed by atoms with Gasteiger partial charge in [0.05, 0.1) is 12.5 Å². The first-order chi connectivity index (χ1) is 7.11. The van der Waals surface area contributed by atoms with Gasteiger partial charge in [-0.1, -0.05) is 18.7 Å². The highest BCUT2D eigenvalue weighted by molar-refractivity contribution is 8.00. The van der Waals surface area contributed by atoms with Crippen LogP contribution in [0.15, 0.2) is 4.34 Å². The van der Waals surface area contributed by atoms with E-state index in [1.165, 1.54) is 23.3 Å². The summed E-state index contributed by atoms with van der Waals surface area (Å²) in [6, 6.07) is 0. The van der Waals surface area contributed by atoms with Gasteiger partial charge in [0.1, 0.15) is 5.82 Å². The van der Waals surface area contributed by atoms with E-state index < -0.39 is 12.1 Å². The van der Waals surface area contributed by atoms with Crippen LogP contribution in [0.1, 0.15) is 19.2 Å². The molecule has 1 atom stereocenters. The first-order valence-electron chi connectivity index (χ1n) is 4.47. The first kappa shape index (κ1) is 12.4. The molecule has 0 aliphatic heterocycles. The lowest BCUT2D eigenvalue weighted by Crippen LogP contribution is -2.15. The van der Waals surface area contributed by atoms with Crippen LogP contribution in [0.2, 0.25) is 0 Å². The van der Waals surface area contributed by atoms with Crippen molar-refractivity contribution in [3.8, 4) is 0 Å². The summed E-state index contributed by atoms with van der Waals surface area (Å²) in [6.45, 7) is 1.97. The Bertz CT molecular complexity index is 329. The number of carboxylic acid groups (broad SMARTS) is 1. The molecule has 5 nitrogen and oxygen atoms in total. The predicted molar refractivity (Wildman–Crippen MR) is 58.3 cm³/mol. The van der Waals surface area contributed by atoms with Gasteiger partial charge in [-0.15, -0.1) is 0 Å². The number of carbonyl (C=O) groups is 1. The molecule has 1 rings (SSSR count). The van der Waals surface area contributed by atoms with Crippen LogP contribution in [0.25, 0.3) is 0 Å². The third-order valence-electron chi connectivity index (χ3n) is 1.58. The fourth-order valence-corrected chi connectivity index (χ4v) is 2.52. The molecule has 0 amide bonds. The molecule has 84 valence electrons. The average Bonchev–Trinajstić information content (AvgIpc) is 2.61. The van der Waals surface area contributed by atoms with Gasteiger partial charge in [0.2, 0.25) is 0 Å². The van der Waals surface area contributed by atoms with Crippen molar-refractivity contribution in [3.05, 3.63) is 5.82 Å². The van der Waals surface area contributed by atoms with Crippen LogP contribution in [0.5, 0.6) is 0 Å². The van der Waals surface area contributed by atoms with Crippen LogP contribution in [0.3, 0.4) is 0 Å². The van der Waals surface area contributed by atoms with E-state index in [0.29, 0.717) is 5.75 Å². The van der Waals surface area contributed by atoms with Gasteiger partial charge in [0.15, 0.2) is 4.34 Å². The topological polar surface area (TPSA) is 83.3 Å². The lowest BCUT2D eigenvalue weighted by Gasteiger charge is -2.04. The van der Waals surface area contributed by atoms with Gasteiger partial charge in [-0.2, -0.15) is 4.37 Å². The standard InChI is InChI=1S/C8H12N2O3S2/c1-2-6-9-8(15-10-6)14-4-5(11)3-7(12)13/h5,11H,2-4H2,1H3,(H,12,13). The van der Waals surface area contributed by atoms with Crippen molar-refractivity contribution in [3.63, 3.8) is 0 Å². The summed E-state index contributed by atoms with van der Waals surface area (Å²) in [7, 11) is 0. The van der Waals surface area contributed by atoms with Gasteiger partial charge in [-0.3, -0.25) is 4.79 Å². The van der Waals surface area contributed by atoms with Crippen LogP contribution in [0.4, 0.5) is 0 Å². The van der Waals surface area contributed by atoms with Gasteiger partial charge >= 0.3 is 5.97 Å². The van der Waals surface area contributed by atoms with Gasteiger partial charge in [-0.05, 0) is 11.5 Å². The number of carboxylic acids is 1. The number of aliphatic hydroxyl groups excluding tert-OH is 1. The Balaban J connectivity index is 2.33. The zero-order valence-electron chi connectivity index (χ0n) is 8.21. The van der Waals surface area contributed by atoms with Crippen LogP contribution >= 0.6 is 23.3 Å². The van der Waals surface area contributed by atoms with Gasteiger partial charge in [0, 0.05) is 12.2 Å². The molecule has 1 aromatic heterocycles. The molecule has 0 spiro atoms. The van der Waals surface area contributed by atoms with Crippen molar-refractivity contribution in [1.82, 2.24) is 9.36 Å². The van der Waals surface area contributed by atoms with E-state index in [-0.39, 0.29) is 6.42 Å². The Morgan fingerprint density at radius 2 is 2.40 bits per heavy atom. The van der Waals surface area contributed by atoms with Gasteiger partial charge < -0.3 is 10.2 Å². The summed E-state index contributed by atoms with van der Waals surface area (Å²) >= 11 is 2.62. The van der Waals surface area contributed by atoms with E-state index >= 15 is 0 Å². The average molecular weight is 248 g/mol. The number of rotatable bonds is 6. The number of nitrogens with zero attached hydrogens (tertiary/aromatic N) is 2. The van der Waals surface area contributed by atoms with Gasteiger partial charge in [-0.25, -0.2) is 4.98 Å². The number of aliphatic carboxylic acids is 1. The molecular weight excluding hydrogens is 236 g/mol. The van der Waals surface area contributed by atoms with Crippen molar-refractivity contribution < 1.29 is 15.0 Å². The Labute approximate surface area is 95.7 Å². The molecule has 15 heavy (non-hydrogen) atoms. The molecule has 1 heterocycles. The molecule has 0 saturated heterocycles. The number of aromatic nitrogens is 2. The second-order valence-corrected chi connectivity index (χ2v) is 4.91. The zero-order chi connectivity index (χ0) is 11.3. The summed E-state index contributed by atoms with van der Waals surface area (Å²) < 4.78 is 4.86. The second kappa shape index (κ2) is 6.04. The minimum Gasteiger partial charge on any atom is -0.481 e. The van der Waals surface area contributed by atoms with Crippen LogP contribution < -0.4 is 0 Å². The molecule has 1 aromatic rings.